The van der Waals surface area contributed by atoms with E-state index < -0.39 is 17.4 Å². The van der Waals surface area contributed by atoms with Gasteiger partial charge in [-0.15, -0.1) is 0 Å². The molecule has 1 aromatic carbocycles. The van der Waals surface area contributed by atoms with Gasteiger partial charge in [0.15, 0.2) is 0 Å². The lowest BCUT2D eigenvalue weighted by Gasteiger charge is -2.13. The fraction of sp³-hybridized carbons (Fsp3) is 0.500. The second-order valence-corrected chi connectivity index (χ2v) is 5.73. The summed E-state index contributed by atoms with van der Waals surface area (Å²) in [6.45, 7) is 0.00883. The largest absolute Gasteiger partial charge is 0.434 e. The summed E-state index contributed by atoms with van der Waals surface area (Å²) in [7, 11) is -0.896. The van der Waals surface area contributed by atoms with Crippen molar-refractivity contribution < 1.29 is 17.7 Å². The van der Waals surface area contributed by atoms with Crippen molar-refractivity contribution in [3.05, 3.63) is 29.8 Å². The first-order valence-corrected chi connectivity index (χ1v) is 7.18. The highest BCUT2D eigenvalue weighted by molar-refractivity contribution is 7.84. The van der Waals surface area contributed by atoms with E-state index in [1.165, 1.54) is 6.07 Å². The van der Waals surface area contributed by atoms with Gasteiger partial charge >= 0.3 is 6.61 Å². The van der Waals surface area contributed by atoms with Gasteiger partial charge in [0.25, 0.3) is 0 Å². The molecule has 0 aliphatic rings. The minimum atomic E-state index is -2.83. The van der Waals surface area contributed by atoms with Crippen LogP contribution in [0.5, 0.6) is 5.75 Å². The molecule has 3 nitrogen and oxygen atoms in total. The molecule has 0 spiro atoms. The zero-order chi connectivity index (χ0) is 13.5. The molecule has 1 rings (SSSR count). The molecule has 0 saturated carbocycles. The lowest BCUT2D eigenvalue weighted by atomic mass is 10.2. The molecule has 0 aliphatic carbocycles. The predicted octanol–water partition coefficient (Wildman–Crippen LogP) is 2.14. The van der Waals surface area contributed by atoms with Gasteiger partial charge in [-0.3, -0.25) is 4.21 Å². The van der Waals surface area contributed by atoms with Gasteiger partial charge in [0.2, 0.25) is 0 Å². The van der Waals surface area contributed by atoms with Crippen molar-refractivity contribution in [1.29, 1.82) is 0 Å². The highest BCUT2D eigenvalue weighted by atomic mass is 32.2. The van der Waals surface area contributed by atoms with Crippen molar-refractivity contribution in [2.75, 3.05) is 12.8 Å². The topological polar surface area (TPSA) is 38.3 Å². The Morgan fingerprint density at radius 3 is 2.67 bits per heavy atom. The summed E-state index contributed by atoms with van der Waals surface area (Å²) < 4.78 is 39.9. The molecule has 102 valence electrons. The number of hydrogen-bond acceptors (Lipinski definition) is 3. The average Bonchev–Trinajstić information content (AvgIpc) is 2.30. The Balaban J connectivity index is 2.53. The quantitative estimate of drug-likeness (QED) is 0.830. The SMILES string of the molecule is CC(CNCc1ccccc1OC(F)F)S(C)=O. The smallest absolute Gasteiger partial charge is 0.387 e. The van der Waals surface area contributed by atoms with Gasteiger partial charge in [0.05, 0.1) is 0 Å². The van der Waals surface area contributed by atoms with E-state index in [4.69, 9.17) is 0 Å². The Labute approximate surface area is 108 Å². The van der Waals surface area contributed by atoms with E-state index in [2.05, 4.69) is 10.1 Å². The summed E-state index contributed by atoms with van der Waals surface area (Å²) in [6, 6.07) is 6.63. The zero-order valence-electron chi connectivity index (χ0n) is 10.4. The highest BCUT2D eigenvalue weighted by Gasteiger charge is 2.10. The van der Waals surface area contributed by atoms with Crippen LogP contribution in [-0.2, 0) is 17.3 Å². The van der Waals surface area contributed by atoms with Crippen molar-refractivity contribution in [1.82, 2.24) is 5.32 Å². The summed E-state index contributed by atoms with van der Waals surface area (Å²) in [5.74, 6) is 0.172. The lowest BCUT2D eigenvalue weighted by molar-refractivity contribution is -0.0504. The Morgan fingerprint density at radius 2 is 2.06 bits per heavy atom. The van der Waals surface area contributed by atoms with Crippen LogP contribution in [-0.4, -0.2) is 28.9 Å². The van der Waals surface area contributed by atoms with Gasteiger partial charge in [-0.2, -0.15) is 8.78 Å². The number of para-hydroxylation sites is 1. The maximum Gasteiger partial charge on any atom is 0.387 e. The molecule has 1 N–H and O–H groups in total. The Morgan fingerprint density at radius 1 is 1.39 bits per heavy atom. The number of rotatable bonds is 7. The fourth-order valence-electron chi connectivity index (χ4n) is 1.39. The molecule has 0 bridgehead atoms. The fourth-order valence-corrected chi connectivity index (χ4v) is 1.74. The summed E-state index contributed by atoms with van der Waals surface area (Å²) in [4.78, 5) is 0. The third kappa shape index (κ3) is 5.10. The molecule has 2 atom stereocenters. The van der Waals surface area contributed by atoms with Crippen LogP contribution in [0.2, 0.25) is 0 Å². The Kier molecular flexibility index (Phi) is 6.21. The van der Waals surface area contributed by atoms with Gasteiger partial charge in [0, 0.05) is 41.0 Å². The van der Waals surface area contributed by atoms with E-state index in [1.807, 2.05) is 6.92 Å². The normalized spacial score (nSPS) is 14.5. The number of benzene rings is 1. The maximum absolute atomic E-state index is 12.2. The Bertz CT molecular complexity index is 401. The van der Waals surface area contributed by atoms with E-state index in [0.717, 1.165) is 0 Å². The van der Waals surface area contributed by atoms with Crippen LogP contribution in [0.3, 0.4) is 0 Å². The minimum Gasteiger partial charge on any atom is -0.434 e. The number of nitrogens with one attached hydrogen (secondary N) is 1. The van der Waals surface area contributed by atoms with Crippen LogP contribution in [0, 0.1) is 0 Å². The van der Waals surface area contributed by atoms with Crippen LogP contribution in [0.1, 0.15) is 12.5 Å². The molecule has 0 heterocycles. The van der Waals surface area contributed by atoms with Gasteiger partial charge in [-0.25, -0.2) is 0 Å². The number of ether oxygens (including phenoxy) is 1. The first-order chi connectivity index (χ1) is 8.50. The molecule has 0 aliphatic heterocycles. The predicted molar refractivity (Wildman–Crippen MR) is 68.3 cm³/mol. The van der Waals surface area contributed by atoms with Crippen LogP contribution >= 0.6 is 0 Å². The third-order valence-electron chi connectivity index (χ3n) is 2.50. The second-order valence-electron chi connectivity index (χ2n) is 3.93. The third-order valence-corrected chi connectivity index (χ3v) is 3.80. The van der Waals surface area contributed by atoms with E-state index >= 15 is 0 Å². The van der Waals surface area contributed by atoms with Gasteiger partial charge in [-0.1, -0.05) is 18.2 Å². The molecule has 1 aromatic rings. The van der Waals surface area contributed by atoms with Crippen LogP contribution in [0.4, 0.5) is 8.78 Å². The first-order valence-electron chi connectivity index (χ1n) is 5.56. The summed E-state index contributed by atoms with van der Waals surface area (Å²) >= 11 is 0. The number of hydrogen-bond donors (Lipinski definition) is 1. The molecule has 18 heavy (non-hydrogen) atoms. The molecule has 0 fully saturated rings. The summed E-state index contributed by atoms with van der Waals surface area (Å²) in [5.41, 5.74) is 0.659. The van der Waals surface area contributed by atoms with E-state index in [-0.39, 0.29) is 11.0 Å². The monoisotopic (exact) mass is 277 g/mol. The Hall–Kier alpha value is -1.01. The molecule has 2 unspecified atom stereocenters. The van der Waals surface area contributed by atoms with Crippen molar-refractivity contribution in [3.63, 3.8) is 0 Å². The molecule has 0 radical (unpaired) electrons. The van der Waals surface area contributed by atoms with Crippen LogP contribution < -0.4 is 10.1 Å². The highest BCUT2D eigenvalue weighted by Crippen LogP contribution is 2.19. The van der Waals surface area contributed by atoms with E-state index in [1.54, 1.807) is 24.5 Å². The zero-order valence-corrected chi connectivity index (χ0v) is 11.2. The molecule has 6 heteroatoms. The van der Waals surface area contributed by atoms with Crippen molar-refractivity contribution >= 4 is 10.8 Å². The second kappa shape index (κ2) is 7.43. The number of halogens is 2. The standard InChI is InChI=1S/C12H17F2NO2S/c1-9(18(2)16)7-15-8-10-5-3-4-6-11(10)17-12(13)14/h3-6,9,12,15H,7-8H2,1-2H3. The first kappa shape index (κ1) is 15.0. The average molecular weight is 277 g/mol. The van der Waals surface area contributed by atoms with E-state index in [0.29, 0.717) is 18.7 Å². The molecule has 0 aromatic heterocycles. The van der Waals surface area contributed by atoms with Crippen molar-refractivity contribution in [2.45, 2.75) is 25.3 Å². The van der Waals surface area contributed by atoms with Crippen molar-refractivity contribution in [3.8, 4) is 5.75 Å². The van der Waals surface area contributed by atoms with E-state index in [9.17, 15) is 13.0 Å². The lowest BCUT2D eigenvalue weighted by Crippen LogP contribution is -2.27. The maximum atomic E-state index is 12.2. The molecular weight excluding hydrogens is 260 g/mol. The summed E-state index contributed by atoms with van der Waals surface area (Å²) in [5, 5.41) is 3.10. The molecule has 0 amide bonds. The van der Waals surface area contributed by atoms with Gasteiger partial charge in [-0.05, 0) is 13.0 Å². The van der Waals surface area contributed by atoms with Crippen LogP contribution in [0.15, 0.2) is 24.3 Å². The molecular formula is C12H17F2NO2S. The molecule has 0 saturated heterocycles. The van der Waals surface area contributed by atoms with Gasteiger partial charge in [0.1, 0.15) is 5.75 Å². The minimum absolute atomic E-state index is 0.0215. The van der Waals surface area contributed by atoms with Gasteiger partial charge < -0.3 is 10.1 Å². The van der Waals surface area contributed by atoms with Crippen molar-refractivity contribution in [2.24, 2.45) is 0 Å². The number of alkyl halides is 2. The van der Waals surface area contributed by atoms with Crippen LogP contribution in [0.25, 0.3) is 0 Å². The summed E-state index contributed by atoms with van der Waals surface area (Å²) in [6.07, 6.45) is 1.64.